The molecule has 0 heterocycles. The van der Waals surface area contributed by atoms with E-state index in [1.165, 1.54) is 24.8 Å². The molecule has 0 aromatic heterocycles. The van der Waals surface area contributed by atoms with Crippen molar-refractivity contribution in [2.24, 2.45) is 5.92 Å². The zero-order valence-corrected chi connectivity index (χ0v) is 13.8. The first-order valence-corrected chi connectivity index (χ1v) is 8.64. The van der Waals surface area contributed by atoms with Crippen molar-refractivity contribution in [3.8, 4) is 0 Å². The number of rotatable bonds is 5. The van der Waals surface area contributed by atoms with Crippen LogP contribution in [0.2, 0.25) is 0 Å². The maximum atomic E-state index is 12.2. The molecule has 3 heteroatoms. The first kappa shape index (κ1) is 15.6. The van der Waals surface area contributed by atoms with Crippen LogP contribution in [0.25, 0.3) is 0 Å². The number of anilines is 1. The molecule has 1 fully saturated rings. The Bertz CT molecular complexity index is 423. The molecule has 1 atom stereocenters. The Labute approximate surface area is 130 Å². The lowest BCUT2D eigenvalue weighted by Gasteiger charge is -2.20. The molecular formula is C17H24BrNO. The third-order valence-corrected chi connectivity index (χ3v) is 5.07. The van der Waals surface area contributed by atoms with Crippen molar-refractivity contribution in [1.29, 1.82) is 0 Å². The SMILES string of the molecule is CCC(Br)Cc1ccc(NC(=O)C2CCCCC2)cc1. The lowest BCUT2D eigenvalue weighted by Crippen LogP contribution is -2.24. The van der Waals surface area contributed by atoms with Gasteiger partial charge in [0, 0.05) is 16.4 Å². The van der Waals surface area contributed by atoms with E-state index in [-0.39, 0.29) is 11.8 Å². The van der Waals surface area contributed by atoms with Crippen LogP contribution in [-0.4, -0.2) is 10.7 Å². The molecule has 2 nitrogen and oxygen atoms in total. The van der Waals surface area contributed by atoms with Crippen LogP contribution < -0.4 is 5.32 Å². The molecule has 0 aliphatic heterocycles. The van der Waals surface area contributed by atoms with Gasteiger partial charge in [0.05, 0.1) is 0 Å². The molecule has 1 amide bonds. The number of hydrogen-bond donors (Lipinski definition) is 1. The van der Waals surface area contributed by atoms with Crippen LogP contribution in [0.5, 0.6) is 0 Å². The Kier molecular flexibility index (Phi) is 6.08. The monoisotopic (exact) mass is 337 g/mol. The number of carbonyl (C=O) groups is 1. The van der Waals surface area contributed by atoms with Gasteiger partial charge in [-0.05, 0) is 43.4 Å². The fraction of sp³-hybridized carbons (Fsp3) is 0.588. The average molecular weight is 338 g/mol. The normalized spacial score (nSPS) is 17.7. The molecule has 1 N–H and O–H groups in total. The summed E-state index contributed by atoms with van der Waals surface area (Å²) in [7, 11) is 0. The molecule has 110 valence electrons. The number of benzene rings is 1. The van der Waals surface area contributed by atoms with E-state index in [0.29, 0.717) is 4.83 Å². The maximum absolute atomic E-state index is 12.2. The van der Waals surface area contributed by atoms with Crippen LogP contribution in [-0.2, 0) is 11.2 Å². The molecule has 1 aliphatic rings. The summed E-state index contributed by atoms with van der Waals surface area (Å²) in [6, 6.07) is 8.26. The highest BCUT2D eigenvalue weighted by Crippen LogP contribution is 2.25. The fourth-order valence-corrected chi connectivity index (χ4v) is 3.11. The quantitative estimate of drug-likeness (QED) is 0.759. The third kappa shape index (κ3) is 4.62. The van der Waals surface area contributed by atoms with Gasteiger partial charge in [-0.2, -0.15) is 0 Å². The minimum absolute atomic E-state index is 0.198. The number of alkyl halides is 1. The van der Waals surface area contributed by atoms with Crippen LogP contribution in [0.15, 0.2) is 24.3 Å². The van der Waals surface area contributed by atoms with E-state index in [9.17, 15) is 4.79 Å². The highest BCUT2D eigenvalue weighted by atomic mass is 79.9. The van der Waals surface area contributed by atoms with Gasteiger partial charge in [-0.15, -0.1) is 0 Å². The van der Waals surface area contributed by atoms with Crippen molar-refractivity contribution in [1.82, 2.24) is 0 Å². The Morgan fingerprint density at radius 3 is 2.50 bits per heavy atom. The highest BCUT2D eigenvalue weighted by molar-refractivity contribution is 9.09. The molecule has 20 heavy (non-hydrogen) atoms. The molecule has 1 aromatic carbocycles. The first-order valence-electron chi connectivity index (χ1n) is 7.73. The summed E-state index contributed by atoms with van der Waals surface area (Å²) in [6.45, 7) is 2.18. The Morgan fingerprint density at radius 2 is 1.90 bits per heavy atom. The van der Waals surface area contributed by atoms with Crippen molar-refractivity contribution in [2.75, 3.05) is 5.32 Å². The van der Waals surface area contributed by atoms with Gasteiger partial charge >= 0.3 is 0 Å². The van der Waals surface area contributed by atoms with Crippen LogP contribution in [0.3, 0.4) is 0 Å². The molecule has 1 aliphatic carbocycles. The van der Waals surface area contributed by atoms with Crippen molar-refractivity contribution in [3.05, 3.63) is 29.8 Å². The van der Waals surface area contributed by atoms with Crippen LogP contribution in [0, 0.1) is 5.92 Å². The third-order valence-electron chi connectivity index (χ3n) is 4.10. The number of halogens is 1. The zero-order chi connectivity index (χ0) is 14.4. The van der Waals surface area contributed by atoms with E-state index in [2.05, 4.69) is 40.3 Å². The van der Waals surface area contributed by atoms with Gasteiger partial charge in [-0.3, -0.25) is 4.79 Å². The van der Waals surface area contributed by atoms with E-state index in [1.54, 1.807) is 0 Å². The van der Waals surface area contributed by atoms with Crippen molar-refractivity contribution in [2.45, 2.75) is 56.7 Å². The van der Waals surface area contributed by atoms with Crippen molar-refractivity contribution < 1.29 is 4.79 Å². The van der Waals surface area contributed by atoms with E-state index in [4.69, 9.17) is 0 Å². The van der Waals surface area contributed by atoms with Gasteiger partial charge in [0.1, 0.15) is 0 Å². The smallest absolute Gasteiger partial charge is 0.227 e. The maximum Gasteiger partial charge on any atom is 0.227 e. The second-order valence-corrected chi connectivity index (χ2v) is 7.03. The minimum atomic E-state index is 0.198. The summed E-state index contributed by atoms with van der Waals surface area (Å²) in [5.41, 5.74) is 2.23. The van der Waals surface area contributed by atoms with Gasteiger partial charge in [0.2, 0.25) is 5.91 Å². The Morgan fingerprint density at radius 1 is 1.25 bits per heavy atom. The van der Waals surface area contributed by atoms with E-state index in [1.807, 2.05) is 12.1 Å². The predicted octanol–water partition coefficient (Wildman–Crippen LogP) is 4.92. The number of amides is 1. The predicted molar refractivity (Wildman–Crippen MR) is 88.4 cm³/mol. The summed E-state index contributed by atoms with van der Waals surface area (Å²) in [4.78, 5) is 12.7. The van der Waals surface area contributed by atoms with Crippen molar-refractivity contribution in [3.63, 3.8) is 0 Å². The average Bonchev–Trinajstić information content (AvgIpc) is 2.50. The summed E-state index contributed by atoms with van der Waals surface area (Å²) in [5.74, 6) is 0.416. The summed E-state index contributed by atoms with van der Waals surface area (Å²) >= 11 is 3.65. The van der Waals surface area contributed by atoms with Gasteiger partial charge in [-0.25, -0.2) is 0 Å². The van der Waals surface area contributed by atoms with Crippen LogP contribution in [0.4, 0.5) is 5.69 Å². The molecule has 1 saturated carbocycles. The lowest BCUT2D eigenvalue weighted by molar-refractivity contribution is -0.120. The van der Waals surface area contributed by atoms with Crippen molar-refractivity contribution >= 4 is 27.5 Å². The van der Waals surface area contributed by atoms with Gasteiger partial charge in [-0.1, -0.05) is 54.2 Å². The summed E-state index contributed by atoms with van der Waals surface area (Å²) < 4.78 is 0. The van der Waals surface area contributed by atoms with Gasteiger partial charge < -0.3 is 5.32 Å². The Balaban J connectivity index is 1.88. The van der Waals surface area contributed by atoms with E-state index >= 15 is 0 Å². The fourth-order valence-electron chi connectivity index (χ4n) is 2.73. The number of carbonyl (C=O) groups excluding carboxylic acids is 1. The first-order chi connectivity index (χ1) is 9.69. The molecule has 2 rings (SSSR count). The lowest BCUT2D eigenvalue weighted by atomic mass is 9.88. The molecular weight excluding hydrogens is 314 g/mol. The summed E-state index contributed by atoms with van der Waals surface area (Å²) in [6.07, 6.45) is 7.93. The van der Waals surface area contributed by atoms with E-state index in [0.717, 1.165) is 31.4 Å². The van der Waals surface area contributed by atoms with Crippen LogP contribution in [0.1, 0.15) is 51.0 Å². The van der Waals surface area contributed by atoms with Crippen LogP contribution >= 0.6 is 15.9 Å². The molecule has 1 unspecified atom stereocenters. The second kappa shape index (κ2) is 7.82. The minimum Gasteiger partial charge on any atom is -0.326 e. The number of nitrogens with one attached hydrogen (secondary N) is 1. The summed E-state index contributed by atoms with van der Waals surface area (Å²) in [5, 5.41) is 3.06. The second-order valence-electron chi connectivity index (χ2n) is 5.73. The molecule has 0 bridgehead atoms. The van der Waals surface area contributed by atoms with Gasteiger partial charge in [0.15, 0.2) is 0 Å². The molecule has 0 radical (unpaired) electrons. The zero-order valence-electron chi connectivity index (χ0n) is 12.2. The largest absolute Gasteiger partial charge is 0.326 e. The molecule has 0 spiro atoms. The van der Waals surface area contributed by atoms with E-state index < -0.39 is 0 Å². The molecule has 0 saturated heterocycles. The number of hydrogen-bond acceptors (Lipinski definition) is 1. The standard InChI is InChI=1S/C17H24BrNO/c1-2-15(18)12-13-8-10-16(11-9-13)19-17(20)14-6-4-3-5-7-14/h8-11,14-15H,2-7,12H2,1H3,(H,19,20). The Hall–Kier alpha value is -0.830. The molecule has 1 aromatic rings. The van der Waals surface area contributed by atoms with Gasteiger partial charge in [0.25, 0.3) is 0 Å². The highest BCUT2D eigenvalue weighted by Gasteiger charge is 2.20. The topological polar surface area (TPSA) is 29.1 Å².